The first-order valence-corrected chi connectivity index (χ1v) is 14.1. The predicted octanol–water partition coefficient (Wildman–Crippen LogP) is -1.94. The van der Waals surface area contributed by atoms with Crippen LogP contribution >= 0.6 is 0 Å². The van der Waals surface area contributed by atoms with Crippen LogP contribution in [0.3, 0.4) is 0 Å². The predicted molar refractivity (Wildman–Crippen MR) is 168 cm³/mol. The number of carbonyl (C=O) groups excluding carboxylic acids is 5. The molecule has 0 aliphatic carbocycles. The number of likely N-dealkylation sites (tertiary alicyclic amines) is 1. The molecule has 1 fully saturated rings. The number of rotatable bonds is 11. The minimum atomic E-state index is -1.40. The number of carbonyl (C=O) groups is 5. The van der Waals surface area contributed by atoms with Crippen LogP contribution in [0.4, 0.5) is 4.79 Å². The Morgan fingerprint density at radius 2 is 1.62 bits per heavy atom. The van der Waals surface area contributed by atoms with Crippen molar-refractivity contribution in [1.82, 2.24) is 35.6 Å². The van der Waals surface area contributed by atoms with Gasteiger partial charge in [0.2, 0.25) is 23.6 Å². The Morgan fingerprint density at radius 1 is 1.00 bits per heavy atom. The van der Waals surface area contributed by atoms with Crippen LogP contribution in [0.5, 0.6) is 0 Å². The molecule has 0 spiro atoms. The minimum absolute atomic E-state index is 0. The van der Waals surface area contributed by atoms with Gasteiger partial charge in [0.1, 0.15) is 29.3 Å². The van der Waals surface area contributed by atoms with E-state index in [-0.39, 0.29) is 35.3 Å². The van der Waals surface area contributed by atoms with Crippen molar-refractivity contribution in [2.45, 2.75) is 83.1 Å². The number of aromatic nitrogens is 1. The summed E-state index contributed by atoms with van der Waals surface area (Å²) in [5.41, 5.74) is -1.37. The smallest absolute Gasteiger partial charge is 0.408 e. The van der Waals surface area contributed by atoms with Gasteiger partial charge in [-0.05, 0) is 73.2 Å². The summed E-state index contributed by atoms with van der Waals surface area (Å²) < 4.78 is 5.34. The zero-order chi connectivity index (χ0) is 31.8. The van der Waals surface area contributed by atoms with Crippen molar-refractivity contribution in [2.75, 3.05) is 41.3 Å². The molecule has 16 heteroatoms. The molecule has 1 aromatic rings. The largest absolute Gasteiger partial charge is 0.444 e. The van der Waals surface area contributed by atoms with Gasteiger partial charge in [0, 0.05) is 46.0 Å². The van der Waals surface area contributed by atoms with Gasteiger partial charge < -0.3 is 51.8 Å². The van der Waals surface area contributed by atoms with Crippen molar-refractivity contribution >= 4 is 29.7 Å². The molecule has 3 atom stereocenters. The Labute approximate surface area is 265 Å². The molecule has 5 amide bonds. The summed E-state index contributed by atoms with van der Waals surface area (Å²) in [6, 6.07) is 0.922. The molecule has 0 radical (unpaired) electrons. The molecule has 1 saturated heterocycles. The SMILES string of the molecule is CN(C)C[C@H](NC(=O)OC(C)(C)C)C(=O)N1CCC[C@@H]1C(=O)NC(C)(C)C(=O)N[C@@H](Cc1cccnc1)C(=O)N(C)C.O.O.O. The van der Waals surface area contributed by atoms with Crippen LogP contribution in [0.2, 0.25) is 0 Å². The second-order valence-corrected chi connectivity index (χ2v) is 12.6. The molecule has 0 unspecified atom stereocenters. The van der Waals surface area contributed by atoms with Gasteiger partial charge in [0.25, 0.3) is 0 Å². The monoisotopic (exact) mass is 643 g/mol. The van der Waals surface area contributed by atoms with Gasteiger partial charge in [0.15, 0.2) is 0 Å². The van der Waals surface area contributed by atoms with Gasteiger partial charge in [-0.15, -0.1) is 0 Å². The molecule has 0 saturated carbocycles. The van der Waals surface area contributed by atoms with E-state index in [0.717, 1.165) is 5.56 Å². The van der Waals surface area contributed by atoms with Crippen LogP contribution in [0.25, 0.3) is 0 Å². The molecule has 9 N–H and O–H groups in total. The number of amides is 5. The van der Waals surface area contributed by atoms with E-state index in [1.807, 2.05) is 6.07 Å². The maximum Gasteiger partial charge on any atom is 0.408 e. The van der Waals surface area contributed by atoms with E-state index in [9.17, 15) is 24.0 Å². The molecule has 1 aliphatic heterocycles. The summed E-state index contributed by atoms with van der Waals surface area (Å²) in [4.78, 5) is 74.4. The second kappa shape index (κ2) is 18.2. The first kappa shape index (κ1) is 43.3. The molecule has 2 heterocycles. The highest BCUT2D eigenvalue weighted by atomic mass is 16.6. The van der Waals surface area contributed by atoms with Crippen LogP contribution in [0.15, 0.2) is 24.5 Å². The molecule has 258 valence electrons. The van der Waals surface area contributed by atoms with Crippen molar-refractivity contribution in [3.8, 4) is 0 Å². The van der Waals surface area contributed by atoms with Crippen molar-refractivity contribution in [1.29, 1.82) is 0 Å². The van der Waals surface area contributed by atoms with E-state index < -0.39 is 53.1 Å². The standard InChI is InChI=1S/C29H47N7O6.3H2O/c1-28(2,3)42-27(41)32-21(18-34(6)7)25(39)36-15-11-13-22(36)23(37)33-29(4,5)26(40)31-20(24(38)35(8)9)16-19-12-10-14-30-17-19;;;/h10,12,14,17,20-22H,11,13,15-16,18H2,1-9H3,(H,31,40)(H,32,41)(H,33,37);3*1H2/t20-,21-,22+;;;/m0.../s1. The second-order valence-electron chi connectivity index (χ2n) is 12.6. The van der Waals surface area contributed by atoms with Crippen molar-refractivity contribution in [3.05, 3.63) is 30.1 Å². The first-order valence-electron chi connectivity index (χ1n) is 14.1. The lowest BCUT2D eigenvalue weighted by molar-refractivity contribution is -0.142. The fourth-order valence-electron chi connectivity index (χ4n) is 4.56. The van der Waals surface area contributed by atoms with Crippen molar-refractivity contribution in [3.63, 3.8) is 0 Å². The third-order valence-electron chi connectivity index (χ3n) is 6.59. The number of likely N-dealkylation sites (N-methyl/N-ethyl adjacent to an activating group) is 2. The average molecular weight is 644 g/mol. The van der Waals surface area contributed by atoms with Crippen molar-refractivity contribution in [2.24, 2.45) is 0 Å². The molecule has 45 heavy (non-hydrogen) atoms. The Hall–Kier alpha value is -3.86. The Balaban J connectivity index is 0. The molecular formula is C29H53N7O9. The number of hydrogen-bond acceptors (Lipinski definition) is 8. The molecular weight excluding hydrogens is 590 g/mol. The van der Waals surface area contributed by atoms with Gasteiger partial charge in [-0.25, -0.2) is 4.79 Å². The van der Waals surface area contributed by atoms with Gasteiger partial charge in [-0.1, -0.05) is 6.07 Å². The minimum Gasteiger partial charge on any atom is -0.444 e. The summed E-state index contributed by atoms with van der Waals surface area (Å²) in [5, 5.41) is 8.18. The van der Waals surface area contributed by atoms with Crippen LogP contribution in [-0.4, -0.2) is 136 Å². The quantitative estimate of drug-likeness (QED) is 0.244. The molecule has 0 bridgehead atoms. The Morgan fingerprint density at radius 3 is 2.13 bits per heavy atom. The lowest BCUT2D eigenvalue weighted by Crippen LogP contribution is -2.62. The zero-order valence-corrected chi connectivity index (χ0v) is 27.8. The number of hydrogen-bond donors (Lipinski definition) is 3. The normalized spacial score (nSPS) is 15.7. The highest BCUT2D eigenvalue weighted by molar-refractivity contribution is 5.97. The third-order valence-corrected chi connectivity index (χ3v) is 6.59. The highest BCUT2D eigenvalue weighted by Crippen LogP contribution is 2.20. The summed E-state index contributed by atoms with van der Waals surface area (Å²) >= 11 is 0. The van der Waals surface area contributed by atoms with Gasteiger partial charge in [0.05, 0.1) is 0 Å². The molecule has 1 aromatic heterocycles. The zero-order valence-electron chi connectivity index (χ0n) is 27.8. The van der Waals surface area contributed by atoms with E-state index in [1.165, 1.54) is 9.80 Å². The van der Waals surface area contributed by atoms with Crippen LogP contribution in [0.1, 0.15) is 53.0 Å². The number of nitrogens with one attached hydrogen (secondary N) is 3. The van der Waals surface area contributed by atoms with E-state index in [4.69, 9.17) is 4.74 Å². The summed E-state index contributed by atoms with van der Waals surface area (Å²) in [5.74, 6) is -1.76. The van der Waals surface area contributed by atoms with Crippen molar-refractivity contribution < 1.29 is 45.1 Å². The van der Waals surface area contributed by atoms with Crippen LogP contribution in [-0.2, 0) is 30.3 Å². The Kier molecular flexibility index (Phi) is 17.5. The fraction of sp³-hybridized carbons (Fsp3) is 0.655. The molecule has 2 rings (SSSR count). The van der Waals surface area contributed by atoms with E-state index in [1.54, 1.807) is 86.2 Å². The van der Waals surface area contributed by atoms with E-state index in [2.05, 4.69) is 20.9 Å². The van der Waals surface area contributed by atoms with E-state index >= 15 is 0 Å². The maximum atomic E-state index is 13.6. The Bertz CT molecular complexity index is 1120. The van der Waals surface area contributed by atoms with Gasteiger partial charge >= 0.3 is 6.09 Å². The van der Waals surface area contributed by atoms with E-state index in [0.29, 0.717) is 19.4 Å². The number of ether oxygens (including phenoxy) is 1. The first-order chi connectivity index (χ1) is 19.4. The fourth-order valence-corrected chi connectivity index (χ4v) is 4.56. The molecule has 16 nitrogen and oxygen atoms in total. The van der Waals surface area contributed by atoms with Crippen LogP contribution in [0, 0.1) is 0 Å². The molecule has 0 aromatic carbocycles. The van der Waals surface area contributed by atoms with Crippen LogP contribution < -0.4 is 16.0 Å². The number of alkyl carbamates (subject to hydrolysis) is 1. The third kappa shape index (κ3) is 13.3. The maximum absolute atomic E-state index is 13.6. The number of pyridine rings is 1. The van der Waals surface area contributed by atoms with Gasteiger partial charge in [-0.3, -0.25) is 24.2 Å². The lowest BCUT2D eigenvalue weighted by Gasteiger charge is -2.33. The van der Waals surface area contributed by atoms with Gasteiger partial charge in [-0.2, -0.15) is 0 Å². The highest BCUT2D eigenvalue weighted by Gasteiger charge is 2.41. The summed E-state index contributed by atoms with van der Waals surface area (Å²) in [7, 11) is 6.75. The molecule has 1 aliphatic rings. The lowest BCUT2D eigenvalue weighted by atomic mass is 10.00. The summed E-state index contributed by atoms with van der Waals surface area (Å²) in [6.07, 6.45) is 3.73. The number of nitrogens with zero attached hydrogens (tertiary/aromatic N) is 4. The summed E-state index contributed by atoms with van der Waals surface area (Å²) in [6.45, 7) is 8.80. The topological polar surface area (TPSA) is 248 Å². The average Bonchev–Trinajstić information content (AvgIpc) is 3.36.